The molecule has 1 aliphatic rings. The third kappa shape index (κ3) is 3.63. The lowest BCUT2D eigenvalue weighted by Gasteiger charge is -2.32. The lowest BCUT2D eigenvalue weighted by Crippen LogP contribution is -2.45. The van der Waals surface area contributed by atoms with Crippen molar-refractivity contribution in [3.05, 3.63) is 24.2 Å². The SMILES string of the molecule is Cl.Cl.FC[C@@H](c1ccoc1)N1CCNCC1. The molecule has 6 heteroatoms. The van der Waals surface area contributed by atoms with E-state index in [0.29, 0.717) is 0 Å². The molecule has 0 amide bonds. The van der Waals surface area contributed by atoms with E-state index in [2.05, 4.69) is 10.2 Å². The zero-order valence-electron chi connectivity index (χ0n) is 8.89. The van der Waals surface area contributed by atoms with Gasteiger partial charge in [0.2, 0.25) is 0 Å². The summed E-state index contributed by atoms with van der Waals surface area (Å²) in [5.41, 5.74) is 0.939. The summed E-state index contributed by atoms with van der Waals surface area (Å²) < 4.78 is 17.9. The predicted molar refractivity (Wildman–Crippen MR) is 66.4 cm³/mol. The first-order chi connectivity index (χ1) is 6.92. The molecular formula is C10H17Cl2FN2O. The van der Waals surface area contributed by atoms with Crippen LogP contribution >= 0.6 is 24.8 Å². The highest BCUT2D eigenvalue weighted by Gasteiger charge is 2.22. The van der Waals surface area contributed by atoms with E-state index in [1.165, 1.54) is 0 Å². The van der Waals surface area contributed by atoms with Gasteiger partial charge < -0.3 is 9.73 Å². The topological polar surface area (TPSA) is 28.4 Å². The molecule has 1 aromatic rings. The predicted octanol–water partition coefficient (Wildman–Crippen LogP) is 2.04. The largest absolute Gasteiger partial charge is 0.472 e. The standard InChI is InChI=1S/C10H15FN2O.2ClH/c11-7-10(9-1-6-14-8-9)13-4-2-12-3-5-13;;/h1,6,8,10,12H,2-5,7H2;2*1H/t10-;;/m0../s1. The summed E-state index contributed by atoms with van der Waals surface area (Å²) in [6.07, 6.45) is 3.23. The normalized spacial score (nSPS) is 18.3. The number of hydrogen-bond donors (Lipinski definition) is 1. The van der Waals surface area contributed by atoms with Crippen molar-refractivity contribution in [2.24, 2.45) is 0 Å². The van der Waals surface area contributed by atoms with Crippen molar-refractivity contribution in [3.63, 3.8) is 0 Å². The number of furan rings is 1. The van der Waals surface area contributed by atoms with E-state index in [0.717, 1.165) is 31.7 Å². The number of hydrogen-bond acceptors (Lipinski definition) is 3. The van der Waals surface area contributed by atoms with Gasteiger partial charge in [-0.05, 0) is 6.07 Å². The smallest absolute Gasteiger partial charge is 0.109 e. The quantitative estimate of drug-likeness (QED) is 0.912. The van der Waals surface area contributed by atoms with Crippen molar-refractivity contribution in [2.75, 3.05) is 32.9 Å². The van der Waals surface area contributed by atoms with Gasteiger partial charge in [0.15, 0.2) is 0 Å². The number of halogens is 3. The monoisotopic (exact) mass is 270 g/mol. The van der Waals surface area contributed by atoms with E-state index in [1.54, 1.807) is 12.5 Å². The summed E-state index contributed by atoms with van der Waals surface area (Å²) in [6, 6.07) is 1.71. The molecule has 1 saturated heterocycles. The number of nitrogens with zero attached hydrogens (tertiary/aromatic N) is 1. The Kier molecular flexibility index (Phi) is 7.76. The minimum absolute atomic E-state index is 0. The Bertz CT molecular complexity index is 266. The maximum absolute atomic E-state index is 12.9. The summed E-state index contributed by atoms with van der Waals surface area (Å²) >= 11 is 0. The molecule has 2 rings (SSSR count). The van der Waals surface area contributed by atoms with Gasteiger partial charge in [0, 0.05) is 31.7 Å². The minimum atomic E-state index is -0.348. The third-order valence-electron chi connectivity index (χ3n) is 2.67. The highest BCUT2D eigenvalue weighted by Crippen LogP contribution is 2.21. The Balaban J connectivity index is 0.00000112. The Morgan fingerprint density at radius 3 is 2.56 bits per heavy atom. The van der Waals surface area contributed by atoms with Crippen LogP contribution in [-0.2, 0) is 0 Å². The molecule has 1 N–H and O–H groups in total. The molecule has 0 radical (unpaired) electrons. The number of piperazine rings is 1. The number of nitrogens with one attached hydrogen (secondary N) is 1. The second-order valence-corrected chi connectivity index (χ2v) is 3.51. The van der Waals surface area contributed by atoms with Crippen LogP contribution in [0.4, 0.5) is 4.39 Å². The molecule has 1 atom stereocenters. The fourth-order valence-corrected chi connectivity index (χ4v) is 1.86. The Labute approximate surface area is 107 Å². The van der Waals surface area contributed by atoms with Gasteiger partial charge in [-0.2, -0.15) is 0 Å². The van der Waals surface area contributed by atoms with Crippen LogP contribution in [0.2, 0.25) is 0 Å². The first kappa shape index (κ1) is 15.7. The summed E-state index contributed by atoms with van der Waals surface area (Å²) in [4.78, 5) is 2.15. The highest BCUT2D eigenvalue weighted by molar-refractivity contribution is 5.85. The maximum Gasteiger partial charge on any atom is 0.109 e. The molecule has 94 valence electrons. The van der Waals surface area contributed by atoms with Crippen molar-refractivity contribution < 1.29 is 8.81 Å². The lowest BCUT2D eigenvalue weighted by atomic mass is 10.1. The van der Waals surface area contributed by atoms with Gasteiger partial charge >= 0.3 is 0 Å². The summed E-state index contributed by atoms with van der Waals surface area (Å²) in [7, 11) is 0. The van der Waals surface area contributed by atoms with Crippen LogP contribution in [0.5, 0.6) is 0 Å². The molecule has 1 aliphatic heterocycles. The zero-order chi connectivity index (χ0) is 9.80. The van der Waals surface area contributed by atoms with Gasteiger partial charge in [0.05, 0.1) is 18.6 Å². The molecule has 0 bridgehead atoms. The second kappa shape index (κ2) is 7.90. The van der Waals surface area contributed by atoms with Crippen LogP contribution in [0.25, 0.3) is 0 Å². The molecule has 0 saturated carbocycles. The van der Waals surface area contributed by atoms with Crippen LogP contribution < -0.4 is 5.32 Å². The average Bonchev–Trinajstić information content (AvgIpc) is 2.74. The lowest BCUT2D eigenvalue weighted by molar-refractivity contribution is 0.147. The van der Waals surface area contributed by atoms with Gasteiger partial charge in [-0.15, -0.1) is 24.8 Å². The first-order valence-electron chi connectivity index (χ1n) is 4.94. The van der Waals surface area contributed by atoms with Crippen molar-refractivity contribution in [3.8, 4) is 0 Å². The van der Waals surface area contributed by atoms with E-state index < -0.39 is 0 Å². The van der Waals surface area contributed by atoms with Gasteiger partial charge in [-0.1, -0.05) is 0 Å². The minimum Gasteiger partial charge on any atom is -0.472 e. The van der Waals surface area contributed by atoms with Gasteiger partial charge in [0.25, 0.3) is 0 Å². The molecule has 1 fully saturated rings. The van der Waals surface area contributed by atoms with Gasteiger partial charge in [-0.3, -0.25) is 4.90 Å². The molecular weight excluding hydrogens is 254 g/mol. The fourth-order valence-electron chi connectivity index (χ4n) is 1.86. The number of alkyl halides is 1. The van der Waals surface area contributed by atoms with Crippen molar-refractivity contribution in [2.45, 2.75) is 6.04 Å². The molecule has 0 aliphatic carbocycles. The molecule has 2 heterocycles. The van der Waals surface area contributed by atoms with Gasteiger partial charge in [0.1, 0.15) is 6.67 Å². The third-order valence-corrected chi connectivity index (χ3v) is 2.67. The van der Waals surface area contributed by atoms with E-state index >= 15 is 0 Å². The van der Waals surface area contributed by atoms with Crippen LogP contribution in [0.1, 0.15) is 11.6 Å². The Morgan fingerprint density at radius 1 is 1.38 bits per heavy atom. The number of rotatable bonds is 3. The van der Waals surface area contributed by atoms with Crippen LogP contribution in [-0.4, -0.2) is 37.8 Å². The van der Waals surface area contributed by atoms with Crippen molar-refractivity contribution in [1.29, 1.82) is 0 Å². The van der Waals surface area contributed by atoms with E-state index in [4.69, 9.17) is 4.42 Å². The summed E-state index contributed by atoms with van der Waals surface area (Å²) in [6.45, 7) is 3.34. The molecule has 1 aromatic heterocycles. The average molecular weight is 271 g/mol. The van der Waals surface area contributed by atoms with Crippen LogP contribution in [0, 0.1) is 0 Å². The van der Waals surface area contributed by atoms with Gasteiger partial charge in [-0.25, -0.2) is 4.39 Å². The zero-order valence-corrected chi connectivity index (χ0v) is 10.5. The Hall–Kier alpha value is -0.290. The highest BCUT2D eigenvalue weighted by atomic mass is 35.5. The van der Waals surface area contributed by atoms with Crippen LogP contribution in [0.3, 0.4) is 0 Å². The van der Waals surface area contributed by atoms with Crippen molar-refractivity contribution >= 4 is 24.8 Å². The maximum atomic E-state index is 12.9. The van der Waals surface area contributed by atoms with E-state index in [-0.39, 0.29) is 37.5 Å². The van der Waals surface area contributed by atoms with Crippen LogP contribution in [0.15, 0.2) is 23.0 Å². The summed E-state index contributed by atoms with van der Waals surface area (Å²) in [5, 5.41) is 3.25. The molecule has 0 unspecified atom stereocenters. The molecule has 0 aromatic carbocycles. The summed E-state index contributed by atoms with van der Waals surface area (Å²) in [5.74, 6) is 0. The molecule has 3 nitrogen and oxygen atoms in total. The molecule has 16 heavy (non-hydrogen) atoms. The van der Waals surface area contributed by atoms with E-state index in [1.807, 2.05) is 6.07 Å². The first-order valence-corrected chi connectivity index (χ1v) is 4.94. The second-order valence-electron chi connectivity index (χ2n) is 3.51. The Morgan fingerprint density at radius 2 is 2.06 bits per heavy atom. The van der Waals surface area contributed by atoms with E-state index in [9.17, 15) is 4.39 Å². The fraction of sp³-hybridized carbons (Fsp3) is 0.600. The van der Waals surface area contributed by atoms with Crippen molar-refractivity contribution in [1.82, 2.24) is 10.2 Å². The molecule has 0 spiro atoms.